The topological polar surface area (TPSA) is 68.2 Å². The van der Waals surface area contributed by atoms with Gasteiger partial charge >= 0.3 is 6.09 Å². The van der Waals surface area contributed by atoms with Gasteiger partial charge in [-0.2, -0.15) is 0 Å². The molecule has 0 spiro atoms. The van der Waals surface area contributed by atoms with Gasteiger partial charge < -0.3 is 19.3 Å². The summed E-state index contributed by atoms with van der Waals surface area (Å²) in [7, 11) is 1.45. The number of fused-ring (bicyclic) bond motifs is 3. The van der Waals surface area contributed by atoms with E-state index in [2.05, 4.69) is 0 Å². The molecule has 0 saturated heterocycles. The number of methoxy groups -OCH3 is 1. The van der Waals surface area contributed by atoms with Gasteiger partial charge in [-0.1, -0.05) is 24.3 Å². The van der Waals surface area contributed by atoms with Crippen LogP contribution in [0.2, 0.25) is 0 Å². The Morgan fingerprint density at radius 3 is 2.56 bits per heavy atom. The first-order valence-electron chi connectivity index (χ1n) is 8.75. The third-order valence-corrected chi connectivity index (χ3v) is 4.36. The Morgan fingerprint density at radius 1 is 1.30 bits per heavy atom. The highest BCUT2D eigenvalue weighted by Crippen LogP contribution is 2.47. The molecule has 0 radical (unpaired) electrons. The molecule has 6 nitrogen and oxygen atoms in total. The molecule has 0 saturated carbocycles. The number of carbonyl (C=O) groups excluding carboxylic acids is 1. The number of rotatable bonds is 4. The van der Waals surface area contributed by atoms with Crippen LogP contribution in [-0.4, -0.2) is 43.9 Å². The first-order valence-corrected chi connectivity index (χ1v) is 8.75. The van der Waals surface area contributed by atoms with Crippen LogP contribution >= 0.6 is 0 Å². The van der Waals surface area contributed by atoms with Gasteiger partial charge in [-0.3, -0.25) is 4.90 Å². The molecule has 0 aromatic heterocycles. The Bertz CT molecular complexity index is 862. The van der Waals surface area contributed by atoms with Gasteiger partial charge in [-0.25, -0.2) is 9.18 Å². The molecule has 0 fully saturated rings. The minimum atomic E-state index is -0.725. The molecule has 3 rings (SSSR count). The van der Waals surface area contributed by atoms with Gasteiger partial charge in [0.2, 0.25) is 0 Å². The molecule has 2 aromatic carbocycles. The van der Waals surface area contributed by atoms with Gasteiger partial charge in [0.25, 0.3) is 0 Å². The normalized spacial score (nSPS) is 16.5. The summed E-state index contributed by atoms with van der Waals surface area (Å²) in [6, 6.07) is 7.18. The van der Waals surface area contributed by atoms with Crippen molar-refractivity contribution in [3.8, 4) is 5.75 Å². The lowest BCUT2D eigenvalue weighted by atomic mass is 9.94. The number of nitrogens with zero attached hydrogens (tertiary/aromatic N) is 1. The van der Waals surface area contributed by atoms with E-state index in [1.54, 1.807) is 32.9 Å². The molecule has 146 valence electrons. The minimum Gasteiger partial charge on any atom is -0.464 e. The minimum absolute atomic E-state index is 0.0124. The third kappa shape index (κ3) is 3.57. The molecule has 1 aliphatic rings. The van der Waals surface area contributed by atoms with Gasteiger partial charge in [0.15, 0.2) is 18.4 Å². The summed E-state index contributed by atoms with van der Waals surface area (Å²) in [6.07, 6.45) is -0.661. The Labute approximate surface area is 157 Å². The van der Waals surface area contributed by atoms with E-state index in [0.717, 1.165) is 5.39 Å². The van der Waals surface area contributed by atoms with Crippen molar-refractivity contribution in [2.75, 3.05) is 32.0 Å². The fourth-order valence-corrected chi connectivity index (χ4v) is 3.36. The van der Waals surface area contributed by atoms with Gasteiger partial charge in [-0.15, -0.1) is 0 Å². The molecule has 1 aliphatic heterocycles. The standard InChI is InChI=1S/C20H24FNO5/c1-20(2,3)27-19(24)22-9-12(10-23)15-13-7-5-6-8-14(13)18(26-11-25-4)16(21)17(15)22/h5-8,12,23H,9-11H2,1-4H3. The second kappa shape index (κ2) is 7.32. The number of ether oxygens (including phenoxy) is 3. The number of hydrogen-bond acceptors (Lipinski definition) is 5. The number of carbonyl (C=O) groups is 1. The molecule has 7 heteroatoms. The second-order valence-corrected chi connectivity index (χ2v) is 7.47. The average molecular weight is 377 g/mol. The Morgan fingerprint density at radius 2 is 1.96 bits per heavy atom. The largest absolute Gasteiger partial charge is 0.464 e. The first-order chi connectivity index (χ1) is 12.8. The zero-order valence-corrected chi connectivity index (χ0v) is 15.9. The van der Waals surface area contributed by atoms with Gasteiger partial charge in [0.05, 0.1) is 12.3 Å². The summed E-state index contributed by atoms with van der Waals surface area (Å²) in [6.45, 7) is 5.03. The molecule has 2 aromatic rings. The van der Waals surface area contributed by atoms with E-state index in [9.17, 15) is 9.90 Å². The van der Waals surface area contributed by atoms with E-state index >= 15 is 4.39 Å². The number of amides is 1. The highest BCUT2D eigenvalue weighted by molar-refractivity contribution is 6.02. The van der Waals surface area contributed by atoms with Crippen LogP contribution in [0.15, 0.2) is 24.3 Å². The van der Waals surface area contributed by atoms with Crippen molar-refractivity contribution >= 4 is 22.6 Å². The van der Waals surface area contributed by atoms with Crippen molar-refractivity contribution in [2.24, 2.45) is 0 Å². The molecule has 0 aliphatic carbocycles. The van der Waals surface area contributed by atoms with E-state index in [-0.39, 0.29) is 31.4 Å². The molecular formula is C20H24FNO5. The predicted octanol–water partition coefficient (Wildman–Crippen LogP) is 3.79. The van der Waals surface area contributed by atoms with Crippen LogP contribution in [0.3, 0.4) is 0 Å². The molecule has 1 atom stereocenters. The Balaban J connectivity index is 2.21. The average Bonchev–Trinajstić information content (AvgIpc) is 3.00. The summed E-state index contributed by atoms with van der Waals surface area (Å²) in [5.74, 6) is -1.07. The van der Waals surface area contributed by atoms with E-state index in [0.29, 0.717) is 10.9 Å². The summed E-state index contributed by atoms with van der Waals surface area (Å²) in [5, 5.41) is 11.1. The van der Waals surface area contributed by atoms with Crippen LogP contribution in [0.25, 0.3) is 10.8 Å². The van der Waals surface area contributed by atoms with Crippen molar-refractivity contribution < 1.29 is 28.5 Å². The highest BCUT2D eigenvalue weighted by atomic mass is 19.1. The smallest absolute Gasteiger partial charge is 0.414 e. The van der Waals surface area contributed by atoms with Crippen LogP contribution in [0.5, 0.6) is 5.75 Å². The maximum absolute atomic E-state index is 15.5. The van der Waals surface area contributed by atoms with E-state index in [4.69, 9.17) is 14.2 Å². The van der Waals surface area contributed by atoms with Crippen LogP contribution in [0, 0.1) is 5.82 Å². The Kier molecular flexibility index (Phi) is 5.26. The van der Waals surface area contributed by atoms with E-state index in [1.807, 2.05) is 12.1 Å². The second-order valence-electron chi connectivity index (χ2n) is 7.47. The zero-order valence-electron chi connectivity index (χ0n) is 15.9. The number of anilines is 1. The number of aliphatic hydroxyl groups excluding tert-OH is 1. The monoisotopic (exact) mass is 377 g/mol. The summed E-state index contributed by atoms with van der Waals surface area (Å²) < 4.78 is 31.3. The molecule has 0 bridgehead atoms. The summed E-state index contributed by atoms with van der Waals surface area (Å²) >= 11 is 0. The van der Waals surface area contributed by atoms with Gasteiger partial charge in [0, 0.05) is 25.0 Å². The highest BCUT2D eigenvalue weighted by Gasteiger charge is 2.40. The first kappa shape index (κ1) is 19.4. The van der Waals surface area contributed by atoms with Crippen molar-refractivity contribution in [1.29, 1.82) is 0 Å². The number of benzene rings is 2. The number of aliphatic hydroxyl groups is 1. The molecule has 1 unspecified atom stereocenters. The van der Waals surface area contributed by atoms with Crippen LogP contribution in [-0.2, 0) is 9.47 Å². The van der Waals surface area contributed by atoms with Crippen molar-refractivity contribution in [3.05, 3.63) is 35.6 Å². The van der Waals surface area contributed by atoms with E-state index < -0.39 is 23.4 Å². The Hall–Kier alpha value is -2.38. The summed E-state index contributed by atoms with van der Waals surface area (Å²) in [5.41, 5.74) is -0.0496. The maximum Gasteiger partial charge on any atom is 0.414 e. The lowest BCUT2D eigenvalue weighted by molar-refractivity contribution is 0.0494. The van der Waals surface area contributed by atoms with Crippen LogP contribution in [0.1, 0.15) is 32.3 Å². The lowest BCUT2D eigenvalue weighted by Gasteiger charge is -2.25. The SMILES string of the molecule is COCOc1c(F)c2c(c3ccccc13)C(CO)CN2C(=O)OC(C)(C)C. The molecular weight excluding hydrogens is 353 g/mol. The van der Waals surface area contributed by atoms with E-state index in [1.165, 1.54) is 12.0 Å². The number of hydrogen-bond donors (Lipinski definition) is 1. The lowest BCUT2D eigenvalue weighted by Crippen LogP contribution is -2.36. The molecule has 1 N–H and O–H groups in total. The van der Waals surface area contributed by atoms with Gasteiger partial charge in [0.1, 0.15) is 5.60 Å². The zero-order chi connectivity index (χ0) is 19.8. The maximum atomic E-state index is 15.5. The molecule has 1 amide bonds. The van der Waals surface area contributed by atoms with Gasteiger partial charge in [-0.05, 0) is 31.7 Å². The van der Waals surface area contributed by atoms with Crippen molar-refractivity contribution in [1.82, 2.24) is 0 Å². The molecule has 27 heavy (non-hydrogen) atoms. The van der Waals surface area contributed by atoms with Crippen LogP contribution in [0.4, 0.5) is 14.9 Å². The van der Waals surface area contributed by atoms with Crippen molar-refractivity contribution in [2.45, 2.75) is 32.3 Å². The fraction of sp³-hybridized carbons (Fsp3) is 0.450. The summed E-state index contributed by atoms with van der Waals surface area (Å²) in [4.78, 5) is 13.9. The van der Waals surface area contributed by atoms with Crippen molar-refractivity contribution in [3.63, 3.8) is 0 Å². The third-order valence-electron chi connectivity index (χ3n) is 4.36. The quantitative estimate of drug-likeness (QED) is 0.821. The fourth-order valence-electron chi connectivity index (χ4n) is 3.36. The predicted molar refractivity (Wildman–Crippen MR) is 99.8 cm³/mol. The van der Waals surface area contributed by atoms with Crippen LogP contribution < -0.4 is 9.64 Å². The number of halogens is 1. The molecule has 1 heterocycles.